The summed E-state index contributed by atoms with van der Waals surface area (Å²) in [5.74, 6) is -0.908. The van der Waals surface area contributed by atoms with E-state index in [1.54, 1.807) is 29.1 Å². The van der Waals surface area contributed by atoms with Gasteiger partial charge < -0.3 is 21.1 Å². The summed E-state index contributed by atoms with van der Waals surface area (Å²) in [6.45, 7) is 5.01. The fourth-order valence-corrected chi connectivity index (χ4v) is 6.50. The highest BCUT2D eigenvalue weighted by atomic mass is 19.4. The zero-order chi connectivity index (χ0) is 31.8. The summed E-state index contributed by atoms with van der Waals surface area (Å²) >= 11 is 0. The van der Waals surface area contributed by atoms with Crippen LogP contribution in [0.25, 0.3) is 0 Å². The van der Waals surface area contributed by atoms with E-state index in [9.17, 15) is 32.7 Å². The third kappa shape index (κ3) is 7.79. The second-order valence-electron chi connectivity index (χ2n) is 12.7. The van der Waals surface area contributed by atoms with Gasteiger partial charge in [-0.3, -0.25) is 24.4 Å². The molecule has 44 heavy (non-hydrogen) atoms. The van der Waals surface area contributed by atoms with Gasteiger partial charge in [0.15, 0.2) is 0 Å². The van der Waals surface area contributed by atoms with Crippen molar-refractivity contribution in [2.24, 2.45) is 17.8 Å². The average Bonchev–Trinajstić information content (AvgIpc) is 3.86. The van der Waals surface area contributed by atoms with Crippen LogP contribution in [-0.4, -0.2) is 50.9 Å². The summed E-state index contributed by atoms with van der Waals surface area (Å²) in [5, 5.41) is 26.5. The maximum absolute atomic E-state index is 13.8. The molecule has 1 unspecified atom stereocenters. The first-order valence-corrected chi connectivity index (χ1v) is 15.4. The Bertz CT molecular complexity index is 1360. The van der Waals surface area contributed by atoms with E-state index in [1.807, 2.05) is 19.9 Å². The second-order valence-corrected chi connectivity index (χ2v) is 12.7. The number of alkyl halides is 3. The van der Waals surface area contributed by atoms with E-state index in [2.05, 4.69) is 26.4 Å². The van der Waals surface area contributed by atoms with E-state index in [-0.39, 0.29) is 17.9 Å². The SMILES string of the molecule is CC(=O)N[C@H](CC(F)(F)F)C(=O)N[C@@H]1CCc2cc(NC(=O)[C@@H](NC(O)c3ccnn3C(C)C)C(C3CC3)C3CC3)ccc21. The summed E-state index contributed by atoms with van der Waals surface area (Å²) in [5.41, 5.74) is 2.77. The predicted octanol–water partition coefficient (Wildman–Crippen LogP) is 4.05. The van der Waals surface area contributed by atoms with Crippen LogP contribution < -0.4 is 21.3 Å². The number of hydrogen-bond donors (Lipinski definition) is 5. The molecule has 10 nitrogen and oxygen atoms in total. The maximum atomic E-state index is 13.8. The van der Waals surface area contributed by atoms with Gasteiger partial charge in [-0.1, -0.05) is 6.07 Å². The van der Waals surface area contributed by atoms with Crippen LogP contribution in [0.5, 0.6) is 0 Å². The lowest BCUT2D eigenvalue weighted by molar-refractivity contribution is -0.151. The minimum Gasteiger partial charge on any atom is -0.373 e. The van der Waals surface area contributed by atoms with Crippen molar-refractivity contribution in [3.8, 4) is 0 Å². The lowest BCUT2D eigenvalue weighted by Crippen LogP contribution is -2.49. The molecule has 0 radical (unpaired) electrons. The van der Waals surface area contributed by atoms with Crippen LogP contribution in [0.15, 0.2) is 30.5 Å². The lowest BCUT2D eigenvalue weighted by Gasteiger charge is -2.30. The van der Waals surface area contributed by atoms with Gasteiger partial charge >= 0.3 is 6.18 Å². The number of benzene rings is 1. The lowest BCUT2D eigenvalue weighted by atomic mass is 9.88. The van der Waals surface area contributed by atoms with Crippen molar-refractivity contribution in [1.29, 1.82) is 0 Å². The zero-order valence-corrected chi connectivity index (χ0v) is 25.2. The largest absolute Gasteiger partial charge is 0.391 e. The van der Waals surface area contributed by atoms with Crippen molar-refractivity contribution in [2.45, 2.75) is 102 Å². The van der Waals surface area contributed by atoms with E-state index in [4.69, 9.17) is 0 Å². The van der Waals surface area contributed by atoms with Gasteiger partial charge in [0.05, 0.1) is 24.2 Å². The molecule has 2 aromatic rings. The number of aliphatic hydroxyl groups excluding tert-OH is 1. The predicted molar refractivity (Wildman–Crippen MR) is 156 cm³/mol. The number of aryl methyl sites for hydroxylation is 1. The van der Waals surface area contributed by atoms with Gasteiger partial charge in [-0.25, -0.2) is 0 Å². The number of aromatic nitrogens is 2. The van der Waals surface area contributed by atoms with Crippen LogP contribution in [0.2, 0.25) is 0 Å². The smallest absolute Gasteiger partial charge is 0.373 e. The fourth-order valence-electron chi connectivity index (χ4n) is 6.50. The van der Waals surface area contributed by atoms with E-state index in [0.29, 0.717) is 36.1 Å². The van der Waals surface area contributed by atoms with Gasteiger partial charge in [-0.2, -0.15) is 18.3 Å². The van der Waals surface area contributed by atoms with Crippen LogP contribution in [0.4, 0.5) is 18.9 Å². The summed E-state index contributed by atoms with van der Waals surface area (Å²) in [4.78, 5) is 38.0. The summed E-state index contributed by atoms with van der Waals surface area (Å²) in [6, 6.07) is 4.21. The zero-order valence-electron chi connectivity index (χ0n) is 25.2. The Kier molecular flexibility index (Phi) is 9.36. The minimum atomic E-state index is -4.62. The quantitative estimate of drug-likeness (QED) is 0.215. The number of rotatable bonds is 13. The first-order valence-electron chi connectivity index (χ1n) is 15.4. The Labute approximate surface area is 254 Å². The number of anilines is 1. The molecule has 5 rings (SSSR count). The fraction of sp³-hybridized carbons (Fsp3) is 0.613. The molecule has 0 spiro atoms. The molecule has 4 atom stereocenters. The second kappa shape index (κ2) is 12.9. The number of nitrogens with one attached hydrogen (secondary N) is 4. The molecule has 3 aliphatic rings. The highest BCUT2D eigenvalue weighted by molar-refractivity contribution is 5.95. The molecule has 0 aliphatic heterocycles. The molecule has 13 heteroatoms. The molecule has 1 heterocycles. The number of carbonyl (C=O) groups excluding carboxylic acids is 3. The molecular formula is C31H41F3N6O4. The van der Waals surface area contributed by atoms with E-state index < -0.39 is 48.8 Å². The van der Waals surface area contributed by atoms with Crippen molar-refractivity contribution in [1.82, 2.24) is 25.7 Å². The van der Waals surface area contributed by atoms with Gasteiger partial charge in [0.25, 0.3) is 0 Å². The number of aliphatic hydroxyl groups is 1. The van der Waals surface area contributed by atoms with E-state index >= 15 is 0 Å². The highest BCUT2D eigenvalue weighted by Gasteiger charge is 2.48. The molecule has 1 aromatic heterocycles. The van der Waals surface area contributed by atoms with Crippen LogP contribution in [0.1, 0.15) is 94.4 Å². The Balaban J connectivity index is 1.29. The van der Waals surface area contributed by atoms with Crippen molar-refractivity contribution < 1.29 is 32.7 Å². The van der Waals surface area contributed by atoms with Crippen molar-refractivity contribution in [3.05, 3.63) is 47.3 Å². The summed E-state index contributed by atoms with van der Waals surface area (Å²) in [6.07, 6.45) is -0.270. The molecule has 3 amide bonds. The normalized spacial score (nSPS) is 20.2. The van der Waals surface area contributed by atoms with Crippen LogP contribution in [0.3, 0.4) is 0 Å². The first kappa shape index (κ1) is 32.0. The number of hydrogen-bond acceptors (Lipinski definition) is 6. The Morgan fingerprint density at radius 2 is 1.73 bits per heavy atom. The molecule has 3 aliphatic carbocycles. The van der Waals surface area contributed by atoms with Crippen LogP contribution in [0, 0.1) is 17.8 Å². The van der Waals surface area contributed by atoms with Crippen LogP contribution in [-0.2, 0) is 20.8 Å². The Morgan fingerprint density at radius 1 is 1.05 bits per heavy atom. The van der Waals surface area contributed by atoms with Crippen molar-refractivity contribution >= 4 is 23.4 Å². The topological polar surface area (TPSA) is 137 Å². The standard InChI is InChI=1S/C31H41F3N6O4/c1-16(2)40-25(12-13-35-40)29(43)39-27(26(18-4-5-18)19-6-7-19)30(44)37-21-9-10-22-20(14-21)8-11-23(22)38-28(42)24(36-17(3)41)15-31(32,33)34/h9-10,12-14,16,18-19,23-24,26-27,29,39,43H,4-8,11,15H2,1-3H3,(H,36,41)(H,37,44)(H,38,42)/t23-,24-,27+,29?/m1/s1. The average molecular weight is 619 g/mol. The summed E-state index contributed by atoms with van der Waals surface area (Å²) in [7, 11) is 0. The minimum absolute atomic E-state index is 0.0346. The number of fused-ring (bicyclic) bond motifs is 1. The van der Waals surface area contributed by atoms with Crippen LogP contribution >= 0.6 is 0 Å². The van der Waals surface area contributed by atoms with Crippen molar-refractivity contribution in [3.63, 3.8) is 0 Å². The maximum Gasteiger partial charge on any atom is 0.391 e. The van der Waals surface area contributed by atoms with E-state index in [1.165, 1.54) is 0 Å². The third-order valence-corrected chi connectivity index (χ3v) is 8.74. The molecule has 2 fully saturated rings. The Hall–Kier alpha value is -3.45. The van der Waals surface area contributed by atoms with Gasteiger partial charge in [-0.15, -0.1) is 0 Å². The molecule has 0 saturated heterocycles. The van der Waals surface area contributed by atoms with Gasteiger partial charge in [0.2, 0.25) is 17.7 Å². The Morgan fingerprint density at radius 3 is 2.32 bits per heavy atom. The number of amides is 3. The number of carbonyl (C=O) groups is 3. The molecule has 1 aromatic carbocycles. The number of halogens is 3. The van der Waals surface area contributed by atoms with Gasteiger partial charge in [0.1, 0.15) is 12.3 Å². The first-order chi connectivity index (χ1) is 20.8. The molecule has 5 N–H and O–H groups in total. The monoisotopic (exact) mass is 618 g/mol. The van der Waals surface area contributed by atoms with Gasteiger partial charge in [0, 0.05) is 24.8 Å². The third-order valence-electron chi connectivity index (χ3n) is 8.74. The van der Waals surface area contributed by atoms with Crippen molar-refractivity contribution in [2.75, 3.05) is 5.32 Å². The number of nitrogens with zero attached hydrogens (tertiary/aromatic N) is 2. The molecule has 0 bridgehead atoms. The van der Waals surface area contributed by atoms with Gasteiger partial charge in [-0.05, 0) is 99.5 Å². The highest BCUT2D eigenvalue weighted by Crippen LogP contribution is 2.51. The summed E-state index contributed by atoms with van der Waals surface area (Å²) < 4.78 is 40.8. The molecule has 2 saturated carbocycles. The van der Waals surface area contributed by atoms with E-state index in [0.717, 1.165) is 43.7 Å². The molecule has 240 valence electrons. The molecular weight excluding hydrogens is 577 g/mol.